The lowest BCUT2D eigenvalue weighted by Gasteiger charge is -2.13. The van der Waals surface area contributed by atoms with Gasteiger partial charge in [-0.25, -0.2) is 0 Å². The van der Waals surface area contributed by atoms with E-state index in [1.165, 1.54) is 0 Å². The van der Waals surface area contributed by atoms with Crippen molar-refractivity contribution in [3.8, 4) is 5.75 Å². The fourth-order valence-corrected chi connectivity index (χ4v) is 3.37. The number of amides is 3. The van der Waals surface area contributed by atoms with E-state index in [0.717, 1.165) is 18.4 Å². The Bertz CT molecular complexity index is 1240. The number of thiocarbonyl (C=S) groups is 1. The summed E-state index contributed by atoms with van der Waals surface area (Å²) in [6.07, 6.45) is 1.86. The van der Waals surface area contributed by atoms with Crippen LogP contribution in [0.2, 0.25) is 0 Å². The number of benzene rings is 3. The Kier molecular flexibility index (Phi) is 9.53. The van der Waals surface area contributed by atoms with E-state index in [0.29, 0.717) is 34.7 Å². The Morgan fingerprint density at radius 1 is 0.806 bits per heavy atom. The third-order valence-electron chi connectivity index (χ3n) is 5.20. The molecule has 0 heterocycles. The van der Waals surface area contributed by atoms with Crippen molar-refractivity contribution in [1.29, 1.82) is 0 Å². The molecule has 3 rings (SSSR count). The van der Waals surface area contributed by atoms with Gasteiger partial charge in [-0.3, -0.25) is 30.6 Å². The van der Waals surface area contributed by atoms with E-state index in [-0.39, 0.29) is 11.0 Å². The summed E-state index contributed by atoms with van der Waals surface area (Å²) >= 11 is 5.13. The molecule has 8 nitrogen and oxygen atoms in total. The molecule has 186 valence electrons. The van der Waals surface area contributed by atoms with Crippen LogP contribution < -0.4 is 26.2 Å². The lowest BCUT2D eigenvalue weighted by atomic mass is 10.1. The summed E-state index contributed by atoms with van der Waals surface area (Å²) < 4.78 is 5.68. The zero-order valence-electron chi connectivity index (χ0n) is 20.1. The Hall–Kier alpha value is -4.24. The molecular weight excluding hydrogens is 476 g/mol. The third-order valence-corrected chi connectivity index (χ3v) is 5.40. The summed E-state index contributed by atoms with van der Waals surface area (Å²) in [6.45, 7) is 4.43. The first-order valence-electron chi connectivity index (χ1n) is 11.5. The van der Waals surface area contributed by atoms with Crippen LogP contribution in [0.5, 0.6) is 5.75 Å². The minimum atomic E-state index is -0.466. The highest BCUT2D eigenvalue weighted by atomic mass is 32.1. The fraction of sp³-hybridized carbons (Fsp3) is 0.185. The number of anilines is 1. The predicted octanol–water partition coefficient (Wildman–Crippen LogP) is 4.38. The van der Waals surface area contributed by atoms with Gasteiger partial charge in [-0.15, -0.1) is 0 Å². The molecule has 9 heteroatoms. The summed E-state index contributed by atoms with van der Waals surface area (Å²) in [5.74, 6) is -0.690. The number of para-hydroxylation sites is 1. The smallest absolute Gasteiger partial charge is 0.269 e. The maximum absolute atomic E-state index is 12.6. The lowest BCUT2D eigenvalue weighted by molar-refractivity contribution is 0.0933. The second kappa shape index (κ2) is 13.0. The number of carbonyl (C=O) groups excluding carboxylic acids is 3. The van der Waals surface area contributed by atoms with Crippen LogP contribution >= 0.6 is 12.2 Å². The van der Waals surface area contributed by atoms with Gasteiger partial charge in [0.15, 0.2) is 5.11 Å². The van der Waals surface area contributed by atoms with Crippen LogP contribution in [0.15, 0.2) is 72.8 Å². The Labute approximate surface area is 215 Å². The molecule has 0 bridgehead atoms. The van der Waals surface area contributed by atoms with Crippen LogP contribution in [0.25, 0.3) is 0 Å². The van der Waals surface area contributed by atoms with E-state index in [9.17, 15) is 14.4 Å². The van der Waals surface area contributed by atoms with E-state index < -0.39 is 11.8 Å². The molecule has 0 spiro atoms. The number of carbonyl (C=O) groups is 3. The van der Waals surface area contributed by atoms with Crippen LogP contribution in [0.4, 0.5) is 5.69 Å². The van der Waals surface area contributed by atoms with Crippen molar-refractivity contribution < 1.29 is 19.1 Å². The molecule has 0 saturated carbocycles. The highest BCUT2D eigenvalue weighted by Gasteiger charge is 2.14. The molecular formula is C27H28N4O4S. The number of rotatable bonds is 8. The van der Waals surface area contributed by atoms with E-state index in [2.05, 4.69) is 28.4 Å². The number of ether oxygens (including phenoxy) is 1. The topological polar surface area (TPSA) is 109 Å². The van der Waals surface area contributed by atoms with Crippen molar-refractivity contribution in [3.63, 3.8) is 0 Å². The molecule has 0 radical (unpaired) electrons. The summed E-state index contributed by atoms with van der Waals surface area (Å²) in [6, 6.07) is 20.5. The van der Waals surface area contributed by atoms with Gasteiger partial charge in [-0.05, 0) is 73.6 Å². The number of hydrogen-bond donors (Lipinski definition) is 4. The van der Waals surface area contributed by atoms with Crippen molar-refractivity contribution in [1.82, 2.24) is 16.2 Å². The van der Waals surface area contributed by atoms with Crippen LogP contribution in [-0.2, 0) is 0 Å². The number of hydrazine groups is 1. The summed E-state index contributed by atoms with van der Waals surface area (Å²) in [5.41, 5.74) is 7.63. The van der Waals surface area contributed by atoms with Gasteiger partial charge >= 0.3 is 0 Å². The first-order chi connectivity index (χ1) is 17.4. The average Bonchev–Trinajstić information content (AvgIpc) is 2.88. The van der Waals surface area contributed by atoms with Crippen molar-refractivity contribution in [2.75, 3.05) is 11.9 Å². The first-order valence-corrected chi connectivity index (χ1v) is 11.9. The zero-order chi connectivity index (χ0) is 25.9. The van der Waals surface area contributed by atoms with E-state index in [1.54, 1.807) is 60.7 Å². The van der Waals surface area contributed by atoms with Gasteiger partial charge in [0.2, 0.25) is 0 Å². The summed E-state index contributed by atoms with van der Waals surface area (Å²) in [5, 5.41) is 5.26. The molecule has 0 fully saturated rings. The van der Waals surface area contributed by atoms with Gasteiger partial charge in [-0.1, -0.05) is 43.7 Å². The largest absolute Gasteiger partial charge is 0.493 e. The zero-order valence-corrected chi connectivity index (χ0v) is 20.9. The maximum atomic E-state index is 12.6. The molecule has 0 aliphatic heterocycles. The molecule has 0 aliphatic carbocycles. The molecule has 3 aromatic rings. The Balaban J connectivity index is 1.50. The maximum Gasteiger partial charge on any atom is 0.269 e. The molecule has 3 aromatic carbocycles. The molecule has 3 amide bonds. The Morgan fingerprint density at radius 3 is 2.17 bits per heavy atom. The molecule has 0 unspecified atom stereocenters. The average molecular weight is 505 g/mol. The lowest BCUT2D eigenvalue weighted by Crippen LogP contribution is -2.48. The number of aryl methyl sites for hydroxylation is 1. The van der Waals surface area contributed by atoms with E-state index in [4.69, 9.17) is 17.0 Å². The minimum absolute atomic E-state index is 0.0705. The number of nitrogens with one attached hydrogen (secondary N) is 4. The van der Waals surface area contributed by atoms with Crippen LogP contribution in [0, 0.1) is 6.92 Å². The molecule has 0 atom stereocenters. The normalized spacial score (nSPS) is 10.2. The van der Waals surface area contributed by atoms with Crippen LogP contribution in [0.1, 0.15) is 56.4 Å². The van der Waals surface area contributed by atoms with Crippen LogP contribution in [0.3, 0.4) is 0 Å². The van der Waals surface area contributed by atoms with Gasteiger partial charge in [0.1, 0.15) is 5.75 Å². The quantitative estimate of drug-likeness (QED) is 0.206. The van der Waals surface area contributed by atoms with Gasteiger partial charge in [-0.2, -0.15) is 0 Å². The first kappa shape index (κ1) is 26.4. The van der Waals surface area contributed by atoms with Crippen molar-refractivity contribution >= 4 is 40.7 Å². The Morgan fingerprint density at radius 2 is 1.47 bits per heavy atom. The molecule has 0 aromatic heterocycles. The van der Waals surface area contributed by atoms with E-state index >= 15 is 0 Å². The van der Waals surface area contributed by atoms with Gasteiger partial charge in [0, 0.05) is 16.8 Å². The predicted molar refractivity (Wildman–Crippen MR) is 143 cm³/mol. The van der Waals surface area contributed by atoms with Gasteiger partial charge in [0.25, 0.3) is 17.7 Å². The summed E-state index contributed by atoms with van der Waals surface area (Å²) in [7, 11) is 0. The second-order valence-electron chi connectivity index (χ2n) is 7.91. The van der Waals surface area contributed by atoms with Crippen molar-refractivity contribution in [2.45, 2.75) is 26.7 Å². The fourth-order valence-electron chi connectivity index (χ4n) is 3.22. The van der Waals surface area contributed by atoms with E-state index in [1.807, 2.05) is 19.1 Å². The van der Waals surface area contributed by atoms with Gasteiger partial charge in [0.05, 0.1) is 12.2 Å². The second-order valence-corrected chi connectivity index (χ2v) is 8.32. The third kappa shape index (κ3) is 7.38. The van der Waals surface area contributed by atoms with Crippen molar-refractivity contribution in [3.05, 3.63) is 95.1 Å². The molecule has 0 saturated heterocycles. The monoisotopic (exact) mass is 504 g/mol. The summed E-state index contributed by atoms with van der Waals surface area (Å²) in [4.78, 5) is 37.5. The standard InChI is InChI=1S/C27H28N4O4S/c1-3-4-17-35-23-12-8-7-11-22(23)26(34)29-27(36)31-30-24(32)19-13-15-20(16-14-19)28-25(33)21-10-6-5-9-18(21)2/h5-16H,3-4,17H2,1-2H3,(H,28,33)(H,30,32)(H2,29,31,34,36). The highest BCUT2D eigenvalue weighted by Crippen LogP contribution is 2.18. The number of unbranched alkanes of at least 4 members (excludes halogenated alkanes) is 1. The number of hydrogen-bond acceptors (Lipinski definition) is 5. The molecule has 4 N–H and O–H groups in total. The van der Waals surface area contributed by atoms with Crippen molar-refractivity contribution in [2.24, 2.45) is 0 Å². The minimum Gasteiger partial charge on any atom is -0.493 e. The highest BCUT2D eigenvalue weighted by molar-refractivity contribution is 7.80. The van der Waals surface area contributed by atoms with Gasteiger partial charge < -0.3 is 10.1 Å². The SMILES string of the molecule is CCCCOc1ccccc1C(=O)NC(=S)NNC(=O)c1ccc(NC(=O)c2ccccc2C)cc1. The van der Waals surface area contributed by atoms with Crippen LogP contribution in [-0.4, -0.2) is 29.4 Å². The molecule has 36 heavy (non-hydrogen) atoms. The molecule has 0 aliphatic rings.